The topological polar surface area (TPSA) is 54.8 Å². The number of hydrogen-bond donors (Lipinski definition) is 0. The molecule has 2 aromatic rings. The fourth-order valence-corrected chi connectivity index (χ4v) is 3.37. The smallest absolute Gasteiger partial charge is 0.225 e. The molecule has 2 aromatic heterocycles. The lowest BCUT2D eigenvalue weighted by molar-refractivity contribution is 0.554. The molecule has 1 saturated heterocycles. The van der Waals surface area contributed by atoms with Gasteiger partial charge < -0.3 is 4.90 Å². The summed E-state index contributed by atoms with van der Waals surface area (Å²) in [5.74, 6) is 0.851. The van der Waals surface area contributed by atoms with Crippen LogP contribution in [0.1, 0.15) is 32.1 Å². The van der Waals surface area contributed by atoms with Gasteiger partial charge in [-0.2, -0.15) is 4.98 Å². The number of fused-ring (bicyclic) bond motifs is 1. The maximum absolute atomic E-state index is 6.13. The van der Waals surface area contributed by atoms with Gasteiger partial charge >= 0.3 is 0 Å². The molecule has 7 heteroatoms. The Morgan fingerprint density at radius 2 is 1.71 bits per heavy atom. The number of anilines is 1. The Balaban J connectivity index is 2.08. The molecule has 0 unspecified atom stereocenters. The molecule has 0 bridgehead atoms. The summed E-state index contributed by atoms with van der Waals surface area (Å²) in [5.41, 5.74) is 1.56. The highest BCUT2D eigenvalue weighted by Gasteiger charge is 2.18. The molecular formula is C14H18ClN5S. The predicted octanol–water partition coefficient (Wildman–Crippen LogP) is 3.57. The maximum atomic E-state index is 6.13. The van der Waals surface area contributed by atoms with Crippen LogP contribution in [0, 0.1) is 0 Å². The normalized spacial score (nSPS) is 16.8. The van der Waals surface area contributed by atoms with Crippen LogP contribution in [0.15, 0.2) is 11.4 Å². The van der Waals surface area contributed by atoms with Crippen molar-refractivity contribution in [2.45, 2.75) is 37.1 Å². The Hall–Kier alpha value is -1.14. The molecule has 0 atom stereocenters. The van der Waals surface area contributed by atoms with E-state index in [4.69, 9.17) is 11.6 Å². The predicted molar refractivity (Wildman–Crippen MR) is 87.2 cm³/mol. The quantitative estimate of drug-likeness (QED) is 0.478. The molecule has 0 aromatic carbocycles. The average molecular weight is 324 g/mol. The molecule has 0 radical (unpaired) electrons. The highest BCUT2D eigenvalue weighted by Crippen LogP contribution is 2.29. The summed E-state index contributed by atoms with van der Waals surface area (Å²) in [6, 6.07) is 0. The van der Waals surface area contributed by atoms with Crippen molar-refractivity contribution in [3.8, 4) is 0 Å². The first-order valence-corrected chi connectivity index (χ1v) is 8.87. The lowest BCUT2D eigenvalue weighted by atomic mass is 10.1. The molecule has 3 rings (SSSR count). The molecule has 5 nitrogen and oxygen atoms in total. The summed E-state index contributed by atoms with van der Waals surface area (Å²) in [6.45, 7) is 2.00. The SMILES string of the molecule is CSc1ncnc2c(N3CCCCCCC3)nc(Cl)nc12. The number of rotatable bonds is 2. The van der Waals surface area contributed by atoms with E-state index in [-0.39, 0.29) is 5.28 Å². The number of nitrogens with zero attached hydrogens (tertiary/aromatic N) is 5. The molecule has 0 amide bonds. The van der Waals surface area contributed by atoms with Gasteiger partial charge in [0.15, 0.2) is 5.82 Å². The minimum atomic E-state index is 0.268. The highest BCUT2D eigenvalue weighted by molar-refractivity contribution is 7.98. The van der Waals surface area contributed by atoms with Crippen LogP contribution < -0.4 is 4.90 Å². The van der Waals surface area contributed by atoms with E-state index in [0.29, 0.717) is 0 Å². The Kier molecular flexibility index (Phi) is 4.75. The van der Waals surface area contributed by atoms with Crippen molar-refractivity contribution in [1.82, 2.24) is 19.9 Å². The van der Waals surface area contributed by atoms with E-state index < -0.39 is 0 Å². The summed E-state index contributed by atoms with van der Waals surface area (Å²) in [7, 11) is 0. The second kappa shape index (κ2) is 6.75. The molecule has 0 aliphatic carbocycles. The summed E-state index contributed by atoms with van der Waals surface area (Å²) < 4.78 is 0. The van der Waals surface area contributed by atoms with Crippen molar-refractivity contribution in [1.29, 1.82) is 0 Å². The Morgan fingerprint density at radius 3 is 2.43 bits per heavy atom. The third kappa shape index (κ3) is 3.21. The van der Waals surface area contributed by atoms with Gasteiger partial charge in [0.25, 0.3) is 0 Å². The van der Waals surface area contributed by atoms with E-state index in [1.54, 1.807) is 18.1 Å². The van der Waals surface area contributed by atoms with Gasteiger partial charge in [0.2, 0.25) is 5.28 Å². The van der Waals surface area contributed by atoms with Crippen molar-refractivity contribution in [2.75, 3.05) is 24.2 Å². The molecule has 0 N–H and O–H groups in total. The van der Waals surface area contributed by atoms with E-state index in [1.165, 1.54) is 32.1 Å². The molecule has 1 fully saturated rings. The summed E-state index contributed by atoms with van der Waals surface area (Å²) >= 11 is 7.68. The van der Waals surface area contributed by atoms with Crippen LogP contribution >= 0.6 is 23.4 Å². The average Bonchev–Trinajstić information content (AvgIpc) is 2.45. The molecule has 3 heterocycles. The minimum absolute atomic E-state index is 0.268. The van der Waals surface area contributed by atoms with Crippen molar-refractivity contribution in [2.24, 2.45) is 0 Å². The summed E-state index contributed by atoms with van der Waals surface area (Å²) in [5, 5.41) is 1.11. The summed E-state index contributed by atoms with van der Waals surface area (Å²) in [4.78, 5) is 19.8. The van der Waals surface area contributed by atoms with E-state index in [9.17, 15) is 0 Å². The molecule has 112 valence electrons. The van der Waals surface area contributed by atoms with Gasteiger partial charge in [0, 0.05) is 13.1 Å². The van der Waals surface area contributed by atoms with Crippen LogP contribution in [0.3, 0.4) is 0 Å². The number of aromatic nitrogens is 4. The van der Waals surface area contributed by atoms with Gasteiger partial charge in [0.05, 0.1) is 0 Å². The minimum Gasteiger partial charge on any atom is -0.355 e. The molecule has 21 heavy (non-hydrogen) atoms. The van der Waals surface area contributed by atoms with Gasteiger partial charge in [-0.3, -0.25) is 0 Å². The van der Waals surface area contributed by atoms with Gasteiger partial charge in [-0.15, -0.1) is 11.8 Å². The molecule has 1 aliphatic rings. The second-order valence-electron chi connectivity index (χ2n) is 5.15. The van der Waals surface area contributed by atoms with Crippen molar-refractivity contribution >= 4 is 40.2 Å². The Bertz CT molecular complexity index is 628. The fourth-order valence-electron chi connectivity index (χ4n) is 2.71. The Labute approximate surface area is 133 Å². The molecule has 1 aliphatic heterocycles. The zero-order valence-corrected chi connectivity index (χ0v) is 13.6. The third-order valence-electron chi connectivity index (χ3n) is 3.75. The van der Waals surface area contributed by atoms with Crippen LogP contribution in [0.4, 0.5) is 5.82 Å². The number of halogens is 1. The number of hydrogen-bond acceptors (Lipinski definition) is 6. The van der Waals surface area contributed by atoms with Crippen LogP contribution in [-0.2, 0) is 0 Å². The monoisotopic (exact) mass is 323 g/mol. The van der Waals surface area contributed by atoms with Gasteiger partial charge in [-0.1, -0.05) is 19.3 Å². The number of thioether (sulfide) groups is 1. The van der Waals surface area contributed by atoms with Gasteiger partial charge in [0.1, 0.15) is 22.4 Å². The first kappa shape index (κ1) is 14.8. The first-order valence-electron chi connectivity index (χ1n) is 7.27. The maximum Gasteiger partial charge on any atom is 0.225 e. The first-order chi connectivity index (χ1) is 10.3. The molecule has 0 spiro atoms. The van der Waals surface area contributed by atoms with Crippen molar-refractivity contribution in [3.63, 3.8) is 0 Å². The van der Waals surface area contributed by atoms with E-state index in [1.807, 2.05) is 6.26 Å². The van der Waals surface area contributed by atoms with Crippen LogP contribution in [0.5, 0.6) is 0 Å². The standard InChI is InChI=1S/C14H18ClN5S/c1-21-13-11-10(16-9-17-13)12(19-14(15)18-11)20-7-5-3-2-4-6-8-20/h9H,2-8H2,1H3. The van der Waals surface area contributed by atoms with Crippen LogP contribution in [0.25, 0.3) is 11.0 Å². The fraction of sp³-hybridized carbons (Fsp3) is 0.571. The van der Waals surface area contributed by atoms with Gasteiger partial charge in [-0.25, -0.2) is 15.0 Å². The van der Waals surface area contributed by atoms with Crippen molar-refractivity contribution in [3.05, 3.63) is 11.6 Å². The zero-order chi connectivity index (χ0) is 14.7. The van der Waals surface area contributed by atoms with Crippen LogP contribution in [-0.4, -0.2) is 39.3 Å². The second-order valence-corrected chi connectivity index (χ2v) is 6.28. The molecular weight excluding hydrogens is 306 g/mol. The van der Waals surface area contributed by atoms with E-state index >= 15 is 0 Å². The lowest BCUT2D eigenvalue weighted by Gasteiger charge is -2.26. The van der Waals surface area contributed by atoms with E-state index in [0.717, 1.165) is 35.0 Å². The lowest BCUT2D eigenvalue weighted by Crippen LogP contribution is -2.28. The zero-order valence-electron chi connectivity index (χ0n) is 12.0. The largest absolute Gasteiger partial charge is 0.355 e. The van der Waals surface area contributed by atoms with Crippen molar-refractivity contribution < 1.29 is 0 Å². The molecule has 0 saturated carbocycles. The Morgan fingerprint density at radius 1 is 1.00 bits per heavy atom. The van der Waals surface area contributed by atoms with Crippen LogP contribution in [0.2, 0.25) is 5.28 Å². The van der Waals surface area contributed by atoms with E-state index in [2.05, 4.69) is 24.8 Å². The highest BCUT2D eigenvalue weighted by atomic mass is 35.5. The third-order valence-corrected chi connectivity index (χ3v) is 4.61. The summed E-state index contributed by atoms with van der Waals surface area (Å²) in [6.07, 6.45) is 9.81. The van der Waals surface area contributed by atoms with Gasteiger partial charge in [-0.05, 0) is 30.7 Å².